The number of hydrogen-bond donors (Lipinski definition) is 1. The molecule has 2 unspecified atom stereocenters. The molecule has 11 heavy (non-hydrogen) atoms. The molecule has 0 saturated heterocycles. The zero-order valence-electron chi connectivity index (χ0n) is 7.38. The first-order valence-electron chi connectivity index (χ1n) is 4.59. The Morgan fingerprint density at radius 3 is 2.73 bits per heavy atom. The van der Waals surface area contributed by atoms with Crippen molar-refractivity contribution in [3.05, 3.63) is 0 Å². The van der Waals surface area contributed by atoms with Crippen LogP contribution in [0.15, 0.2) is 0 Å². The van der Waals surface area contributed by atoms with Gasteiger partial charge in [-0.2, -0.15) is 0 Å². The summed E-state index contributed by atoms with van der Waals surface area (Å²) in [4.78, 5) is 0. The van der Waals surface area contributed by atoms with Crippen molar-refractivity contribution in [1.29, 1.82) is 0 Å². The lowest BCUT2D eigenvalue weighted by Crippen LogP contribution is -2.33. The zero-order chi connectivity index (χ0) is 8.10. The maximum absolute atomic E-state index is 5.96. The van der Waals surface area contributed by atoms with Crippen LogP contribution in [0.2, 0.25) is 0 Å². The second-order valence-electron chi connectivity index (χ2n) is 3.49. The topological polar surface area (TPSA) is 35.2 Å². The Morgan fingerprint density at radius 1 is 1.36 bits per heavy atom. The third-order valence-electron chi connectivity index (χ3n) is 2.66. The number of hydrogen-bond acceptors (Lipinski definition) is 2. The van der Waals surface area contributed by atoms with Gasteiger partial charge in [0.05, 0.1) is 0 Å². The molecule has 1 saturated carbocycles. The molecule has 1 fully saturated rings. The van der Waals surface area contributed by atoms with Crippen molar-refractivity contribution in [2.45, 2.75) is 38.1 Å². The Kier molecular flexibility index (Phi) is 3.87. The summed E-state index contributed by atoms with van der Waals surface area (Å²) < 4.78 is 5.04. The quantitative estimate of drug-likeness (QED) is 0.674. The van der Waals surface area contributed by atoms with E-state index < -0.39 is 0 Å². The Morgan fingerprint density at radius 2 is 2.09 bits per heavy atom. The first-order chi connectivity index (χ1) is 5.34. The molecule has 2 heteroatoms. The van der Waals surface area contributed by atoms with E-state index in [0.29, 0.717) is 6.04 Å². The molecule has 1 aliphatic rings. The van der Waals surface area contributed by atoms with Crippen LogP contribution in [-0.4, -0.2) is 19.8 Å². The Balaban J connectivity index is 2.18. The van der Waals surface area contributed by atoms with Gasteiger partial charge >= 0.3 is 0 Å². The molecule has 0 aromatic carbocycles. The highest BCUT2D eigenvalue weighted by Gasteiger charge is 2.20. The van der Waals surface area contributed by atoms with E-state index in [-0.39, 0.29) is 0 Å². The smallest absolute Gasteiger partial charge is 0.0465 e. The molecule has 2 N–H and O–H groups in total. The molecule has 0 radical (unpaired) electrons. The van der Waals surface area contributed by atoms with Gasteiger partial charge in [0.25, 0.3) is 0 Å². The molecule has 2 atom stereocenters. The summed E-state index contributed by atoms with van der Waals surface area (Å²) >= 11 is 0. The molecule has 0 aromatic rings. The van der Waals surface area contributed by atoms with E-state index in [0.717, 1.165) is 18.9 Å². The minimum absolute atomic E-state index is 0.443. The van der Waals surface area contributed by atoms with Crippen molar-refractivity contribution in [1.82, 2.24) is 0 Å². The fourth-order valence-corrected chi connectivity index (χ4v) is 1.86. The van der Waals surface area contributed by atoms with Gasteiger partial charge in [-0.3, -0.25) is 0 Å². The van der Waals surface area contributed by atoms with Crippen molar-refractivity contribution in [3.63, 3.8) is 0 Å². The average molecular weight is 157 g/mol. The van der Waals surface area contributed by atoms with Gasteiger partial charge in [-0.05, 0) is 25.2 Å². The number of methoxy groups -OCH3 is 1. The van der Waals surface area contributed by atoms with Crippen LogP contribution < -0.4 is 5.73 Å². The van der Waals surface area contributed by atoms with Crippen molar-refractivity contribution in [3.8, 4) is 0 Å². The van der Waals surface area contributed by atoms with Gasteiger partial charge < -0.3 is 10.5 Å². The van der Waals surface area contributed by atoms with Gasteiger partial charge in [-0.1, -0.05) is 12.8 Å². The molecule has 0 heterocycles. The third-order valence-corrected chi connectivity index (χ3v) is 2.66. The van der Waals surface area contributed by atoms with Crippen LogP contribution in [0.3, 0.4) is 0 Å². The lowest BCUT2D eigenvalue weighted by molar-refractivity contribution is 0.158. The summed E-state index contributed by atoms with van der Waals surface area (Å²) in [5, 5.41) is 0. The fraction of sp³-hybridized carbons (Fsp3) is 1.00. The van der Waals surface area contributed by atoms with Crippen LogP contribution in [0.1, 0.15) is 32.1 Å². The summed E-state index contributed by atoms with van der Waals surface area (Å²) in [6, 6.07) is 0.443. The van der Waals surface area contributed by atoms with E-state index in [1.165, 1.54) is 25.7 Å². The Bertz CT molecular complexity index is 106. The second kappa shape index (κ2) is 4.73. The first kappa shape index (κ1) is 9.01. The maximum Gasteiger partial charge on any atom is 0.0465 e. The molecule has 0 aromatic heterocycles. The Hall–Kier alpha value is -0.0800. The minimum atomic E-state index is 0.443. The van der Waals surface area contributed by atoms with E-state index in [1.54, 1.807) is 7.11 Å². The lowest BCUT2D eigenvalue weighted by Gasteiger charge is -2.28. The predicted octanol–water partition coefficient (Wildman–Crippen LogP) is 1.54. The minimum Gasteiger partial charge on any atom is -0.385 e. The van der Waals surface area contributed by atoms with E-state index in [4.69, 9.17) is 10.5 Å². The fourth-order valence-electron chi connectivity index (χ4n) is 1.86. The molecule has 0 amide bonds. The molecule has 0 aliphatic heterocycles. The molecule has 1 aliphatic carbocycles. The van der Waals surface area contributed by atoms with Gasteiger partial charge in [0.2, 0.25) is 0 Å². The van der Waals surface area contributed by atoms with Crippen molar-refractivity contribution >= 4 is 0 Å². The predicted molar refractivity (Wildman–Crippen MR) is 46.4 cm³/mol. The van der Waals surface area contributed by atoms with E-state index in [2.05, 4.69) is 0 Å². The molecular weight excluding hydrogens is 138 g/mol. The Labute approximate surface area is 69.1 Å². The summed E-state index contributed by atoms with van der Waals surface area (Å²) in [6.45, 7) is 0.873. The largest absolute Gasteiger partial charge is 0.385 e. The van der Waals surface area contributed by atoms with Crippen LogP contribution in [0.5, 0.6) is 0 Å². The van der Waals surface area contributed by atoms with Gasteiger partial charge in [0, 0.05) is 19.8 Å². The van der Waals surface area contributed by atoms with Crippen LogP contribution in [0.4, 0.5) is 0 Å². The van der Waals surface area contributed by atoms with Gasteiger partial charge in [-0.25, -0.2) is 0 Å². The number of rotatable bonds is 3. The standard InChI is InChI=1S/C9H19NO/c1-11-7-6-8-4-2-3-5-9(8)10/h8-9H,2-7,10H2,1H3. The highest BCUT2D eigenvalue weighted by Crippen LogP contribution is 2.25. The first-order valence-corrected chi connectivity index (χ1v) is 4.59. The monoisotopic (exact) mass is 157 g/mol. The van der Waals surface area contributed by atoms with Gasteiger partial charge in [0.1, 0.15) is 0 Å². The van der Waals surface area contributed by atoms with Crippen molar-refractivity contribution < 1.29 is 4.74 Å². The summed E-state index contributed by atoms with van der Waals surface area (Å²) in [6.07, 6.45) is 6.36. The van der Waals surface area contributed by atoms with Crippen molar-refractivity contribution in [2.75, 3.05) is 13.7 Å². The third kappa shape index (κ3) is 2.80. The SMILES string of the molecule is COCCC1CCCCC1N. The maximum atomic E-state index is 5.96. The molecule has 0 spiro atoms. The highest BCUT2D eigenvalue weighted by molar-refractivity contribution is 4.77. The second-order valence-corrected chi connectivity index (χ2v) is 3.49. The average Bonchev–Trinajstić information content (AvgIpc) is 2.03. The summed E-state index contributed by atoms with van der Waals surface area (Å²) in [7, 11) is 1.76. The lowest BCUT2D eigenvalue weighted by atomic mass is 9.83. The van der Waals surface area contributed by atoms with E-state index >= 15 is 0 Å². The molecule has 1 rings (SSSR count). The highest BCUT2D eigenvalue weighted by atomic mass is 16.5. The van der Waals surface area contributed by atoms with Gasteiger partial charge in [-0.15, -0.1) is 0 Å². The normalized spacial score (nSPS) is 32.2. The van der Waals surface area contributed by atoms with E-state index in [9.17, 15) is 0 Å². The number of nitrogens with two attached hydrogens (primary N) is 1. The zero-order valence-corrected chi connectivity index (χ0v) is 7.38. The molecule has 2 nitrogen and oxygen atoms in total. The summed E-state index contributed by atoms with van der Waals surface area (Å²) in [5.41, 5.74) is 5.96. The van der Waals surface area contributed by atoms with Gasteiger partial charge in [0.15, 0.2) is 0 Å². The number of ether oxygens (including phenoxy) is 1. The molecule has 66 valence electrons. The van der Waals surface area contributed by atoms with E-state index in [1.807, 2.05) is 0 Å². The molecule has 0 bridgehead atoms. The van der Waals surface area contributed by atoms with Crippen molar-refractivity contribution in [2.24, 2.45) is 11.7 Å². The van der Waals surface area contributed by atoms with Crippen LogP contribution >= 0.6 is 0 Å². The summed E-state index contributed by atoms with van der Waals surface area (Å²) in [5.74, 6) is 0.726. The van der Waals surface area contributed by atoms with Crippen LogP contribution in [-0.2, 0) is 4.74 Å². The molecular formula is C9H19NO. The van der Waals surface area contributed by atoms with Crippen LogP contribution in [0, 0.1) is 5.92 Å². The van der Waals surface area contributed by atoms with Crippen LogP contribution in [0.25, 0.3) is 0 Å².